The first kappa shape index (κ1) is 12.0. The van der Waals surface area contributed by atoms with Gasteiger partial charge in [0.15, 0.2) is 0 Å². The molecule has 90 valence electrons. The number of nitrogens with zero attached hydrogens (tertiary/aromatic N) is 1. The summed E-state index contributed by atoms with van der Waals surface area (Å²) >= 11 is 0. The fourth-order valence-electron chi connectivity index (χ4n) is 2.24. The molecule has 0 saturated carbocycles. The standard InChI is InChI=1S/C16H21N/c1-12-8-9-13(2)16(10-12)14-6-5-7-15(11-14)17(3)4/h5-7,10-11H,8-9H2,1-4H3. The minimum absolute atomic E-state index is 1.20. The largest absolute Gasteiger partial charge is 0.378 e. The van der Waals surface area contributed by atoms with E-state index in [1.165, 1.54) is 40.8 Å². The summed E-state index contributed by atoms with van der Waals surface area (Å²) in [7, 11) is 4.17. The SMILES string of the molecule is CC1=CC(c2cccc(N(C)C)c2)=C(C)CC1. The highest BCUT2D eigenvalue weighted by Crippen LogP contribution is 2.31. The van der Waals surface area contributed by atoms with Crippen LogP contribution in [0.2, 0.25) is 0 Å². The van der Waals surface area contributed by atoms with Crippen LogP contribution in [0, 0.1) is 0 Å². The van der Waals surface area contributed by atoms with Crippen molar-refractivity contribution in [2.45, 2.75) is 26.7 Å². The molecule has 0 bridgehead atoms. The number of benzene rings is 1. The lowest BCUT2D eigenvalue weighted by Gasteiger charge is -2.18. The zero-order chi connectivity index (χ0) is 12.4. The van der Waals surface area contributed by atoms with Gasteiger partial charge in [0.05, 0.1) is 0 Å². The summed E-state index contributed by atoms with van der Waals surface area (Å²) in [5, 5.41) is 0. The first-order valence-electron chi connectivity index (χ1n) is 6.22. The molecule has 1 aliphatic rings. The molecule has 17 heavy (non-hydrogen) atoms. The number of allylic oxidation sites excluding steroid dienone is 4. The van der Waals surface area contributed by atoms with Crippen LogP contribution in [0.1, 0.15) is 32.3 Å². The van der Waals surface area contributed by atoms with Crippen LogP contribution >= 0.6 is 0 Å². The highest BCUT2D eigenvalue weighted by Gasteiger charge is 2.10. The number of anilines is 1. The van der Waals surface area contributed by atoms with Crippen LogP contribution in [0.4, 0.5) is 5.69 Å². The second-order valence-corrected chi connectivity index (χ2v) is 5.13. The Morgan fingerprint density at radius 1 is 1.06 bits per heavy atom. The van der Waals surface area contributed by atoms with Gasteiger partial charge in [-0.15, -0.1) is 0 Å². The van der Waals surface area contributed by atoms with Gasteiger partial charge in [-0.2, -0.15) is 0 Å². The molecule has 0 saturated heterocycles. The van der Waals surface area contributed by atoms with Crippen molar-refractivity contribution in [1.29, 1.82) is 0 Å². The second-order valence-electron chi connectivity index (χ2n) is 5.13. The number of hydrogen-bond acceptors (Lipinski definition) is 1. The summed E-state index contributed by atoms with van der Waals surface area (Å²) in [4.78, 5) is 2.15. The molecule has 0 amide bonds. The van der Waals surface area contributed by atoms with E-state index in [1.807, 2.05) is 0 Å². The topological polar surface area (TPSA) is 3.24 Å². The smallest absolute Gasteiger partial charge is 0.0367 e. The summed E-state index contributed by atoms with van der Waals surface area (Å²) in [5.74, 6) is 0. The van der Waals surface area contributed by atoms with Crippen molar-refractivity contribution >= 4 is 11.3 Å². The Morgan fingerprint density at radius 3 is 2.53 bits per heavy atom. The molecule has 0 N–H and O–H groups in total. The van der Waals surface area contributed by atoms with Gasteiger partial charge in [-0.1, -0.05) is 29.4 Å². The number of rotatable bonds is 2. The van der Waals surface area contributed by atoms with Crippen LogP contribution in [0.15, 0.2) is 41.5 Å². The molecule has 1 aromatic rings. The average molecular weight is 227 g/mol. The van der Waals surface area contributed by atoms with Crippen LogP contribution in [0.5, 0.6) is 0 Å². The molecule has 1 nitrogen and oxygen atoms in total. The van der Waals surface area contributed by atoms with E-state index < -0.39 is 0 Å². The molecule has 0 fully saturated rings. The molecule has 0 unspecified atom stereocenters. The van der Waals surface area contributed by atoms with Gasteiger partial charge >= 0.3 is 0 Å². The monoisotopic (exact) mass is 227 g/mol. The van der Waals surface area contributed by atoms with E-state index >= 15 is 0 Å². The van der Waals surface area contributed by atoms with E-state index in [1.54, 1.807) is 0 Å². The minimum atomic E-state index is 1.20. The molecule has 0 radical (unpaired) electrons. The maximum Gasteiger partial charge on any atom is 0.0367 e. The minimum Gasteiger partial charge on any atom is -0.378 e. The lowest BCUT2D eigenvalue weighted by molar-refractivity contribution is 0.911. The van der Waals surface area contributed by atoms with Gasteiger partial charge in [0.2, 0.25) is 0 Å². The Morgan fingerprint density at radius 2 is 1.82 bits per heavy atom. The first-order chi connectivity index (χ1) is 8.08. The van der Waals surface area contributed by atoms with E-state index in [4.69, 9.17) is 0 Å². The molecule has 0 spiro atoms. The molecule has 1 aliphatic carbocycles. The molecule has 2 rings (SSSR count). The fraction of sp³-hybridized carbons (Fsp3) is 0.375. The van der Waals surface area contributed by atoms with Crippen LogP contribution in [-0.4, -0.2) is 14.1 Å². The molecular formula is C16H21N. The molecular weight excluding hydrogens is 206 g/mol. The molecule has 0 atom stereocenters. The summed E-state index contributed by atoms with van der Waals surface area (Å²) in [6.45, 7) is 4.48. The second kappa shape index (κ2) is 4.79. The molecule has 1 heteroatoms. The van der Waals surface area contributed by atoms with Crippen LogP contribution in [0.25, 0.3) is 5.57 Å². The molecule has 1 aromatic carbocycles. The third kappa shape index (κ3) is 2.60. The third-order valence-electron chi connectivity index (χ3n) is 3.42. The van der Waals surface area contributed by atoms with Crippen molar-refractivity contribution in [3.63, 3.8) is 0 Å². The van der Waals surface area contributed by atoms with Gasteiger partial charge in [-0.25, -0.2) is 0 Å². The zero-order valence-electron chi connectivity index (χ0n) is 11.2. The van der Waals surface area contributed by atoms with Crippen molar-refractivity contribution in [3.05, 3.63) is 47.1 Å². The zero-order valence-corrected chi connectivity index (χ0v) is 11.2. The van der Waals surface area contributed by atoms with E-state index in [9.17, 15) is 0 Å². The highest BCUT2D eigenvalue weighted by molar-refractivity contribution is 5.79. The average Bonchev–Trinajstić information content (AvgIpc) is 2.32. The van der Waals surface area contributed by atoms with Gasteiger partial charge in [-0.05, 0) is 50.0 Å². The Labute approximate surface area is 104 Å². The van der Waals surface area contributed by atoms with Gasteiger partial charge in [-0.3, -0.25) is 0 Å². The van der Waals surface area contributed by atoms with E-state index in [2.05, 4.69) is 63.2 Å². The first-order valence-corrected chi connectivity index (χ1v) is 6.22. The maximum atomic E-state index is 2.34. The lowest BCUT2D eigenvalue weighted by Crippen LogP contribution is -2.08. The predicted octanol–water partition coefficient (Wildman–Crippen LogP) is 4.27. The van der Waals surface area contributed by atoms with Crippen LogP contribution in [0.3, 0.4) is 0 Å². The van der Waals surface area contributed by atoms with Crippen molar-refractivity contribution in [1.82, 2.24) is 0 Å². The normalized spacial score (nSPS) is 15.9. The molecule has 0 heterocycles. The van der Waals surface area contributed by atoms with Crippen molar-refractivity contribution in [2.75, 3.05) is 19.0 Å². The van der Waals surface area contributed by atoms with E-state index in [0.29, 0.717) is 0 Å². The predicted molar refractivity (Wildman–Crippen MR) is 76.4 cm³/mol. The maximum absolute atomic E-state index is 2.34. The number of hydrogen-bond donors (Lipinski definition) is 0. The lowest BCUT2D eigenvalue weighted by atomic mass is 9.89. The van der Waals surface area contributed by atoms with Crippen LogP contribution in [-0.2, 0) is 0 Å². The quantitative estimate of drug-likeness (QED) is 0.729. The van der Waals surface area contributed by atoms with Crippen molar-refractivity contribution < 1.29 is 0 Å². The van der Waals surface area contributed by atoms with Crippen molar-refractivity contribution in [3.8, 4) is 0 Å². The Kier molecular flexibility index (Phi) is 3.37. The molecule has 0 aliphatic heterocycles. The van der Waals surface area contributed by atoms with Crippen LogP contribution < -0.4 is 4.90 Å². The Bertz CT molecular complexity index is 478. The highest BCUT2D eigenvalue weighted by atomic mass is 15.1. The Hall–Kier alpha value is -1.50. The van der Waals surface area contributed by atoms with Gasteiger partial charge < -0.3 is 4.90 Å². The van der Waals surface area contributed by atoms with E-state index in [-0.39, 0.29) is 0 Å². The summed E-state index contributed by atoms with van der Waals surface area (Å²) in [5.41, 5.74) is 7.01. The summed E-state index contributed by atoms with van der Waals surface area (Å²) in [6.07, 6.45) is 4.75. The van der Waals surface area contributed by atoms with E-state index in [0.717, 1.165) is 0 Å². The van der Waals surface area contributed by atoms with Gasteiger partial charge in [0.1, 0.15) is 0 Å². The fourth-order valence-corrected chi connectivity index (χ4v) is 2.24. The van der Waals surface area contributed by atoms with Gasteiger partial charge in [0.25, 0.3) is 0 Å². The summed E-state index contributed by atoms with van der Waals surface area (Å²) < 4.78 is 0. The van der Waals surface area contributed by atoms with Gasteiger partial charge in [0, 0.05) is 19.8 Å². The third-order valence-corrected chi connectivity index (χ3v) is 3.42. The Balaban J connectivity index is 2.43. The summed E-state index contributed by atoms with van der Waals surface area (Å²) in [6, 6.07) is 8.77. The van der Waals surface area contributed by atoms with Crippen molar-refractivity contribution in [2.24, 2.45) is 0 Å². The molecule has 0 aromatic heterocycles.